The third-order valence-corrected chi connectivity index (χ3v) is 3.98. The lowest BCUT2D eigenvalue weighted by Crippen LogP contribution is -2.27. The smallest absolute Gasteiger partial charge is 0.313 e. The molecule has 0 saturated heterocycles. The molecular formula is C16H18N2O4S. The fourth-order valence-electron chi connectivity index (χ4n) is 1.93. The number of amides is 1. The molecule has 0 aliphatic carbocycles. The maximum absolute atomic E-state index is 11.9. The quantitative estimate of drug-likeness (QED) is 0.719. The Morgan fingerprint density at radius 3 is 2.74 bits per heavy atom. The molecular weight excluding hydrogens is 316 g/mol. The van der Waals surface area contributed by atoms with Crippen LogP contribution in [0.1, 0.15) is 11.5 Å². The Hall–Kier alpha value is -2.28. The van der Waals surface area contributed by atoms with Gasteiger partial charge in [-0.2, -0.15) is 0 Å². The average molecular weight is 334 g/mol. The third-order valence-electron chi connectivity index (χ3n) is 3.04. The van der Waals surface area contributed by atoms with Gasteiger partial charge < -0.3 is 14.8 Å². The van der Waals surface area contributed by atoms with E-state index in [4.69, 9.17) is 9.52 Å². The summed E-state index contributed by atoms with van der Waals surface area (Å²) in [5, 5.41) is 11.3. The maximum atomic E-state index is 11.9. The van der Waals surface area contributed by atoms with Crippen LogP contribution in [0.2, 0.25) is 0 Å². The van der Waals surface area contributed by atoms with Crippen LogP contribution in [-0.2, 0) is 16.0 Å². The predicted octanol–water partition coefficient (Wildman–Crippen LogP) is 2.13. The summed E-state index contributed by atoms with van der Waals surface area (Å²) in [5.74, 6) is 0.719. The van der Waals surface area contributed by atoms with Crippen LogP contribution in [0, 0.1) is 6.92 Å². The number of aromatic nitrogens is 1. The van der Waals surface area contributed by atoms with E-state index in [-0.39, 0.29) is 18.1 Å². The number of hydrogen-bond donors (Lipinski definition) is 2. The highest BCUT2D eigenvalue weighted by atomic mass is 32.2. The number of carboxylic acid groups (broad SMARTS) is 1. The number of rotatable bonds is 8. The molecule has 122 valence electrons. The van der Waals surface area contributed by atoms with Crippen molar-refractivity contribution < 1.29 is 19.1 Å². The molecule has 2 aromatic rings. The van der Waals surface area contributed by atoms with E-state index in [0.29, 0.717) is 29.6 Å². The Morgan fingerprint density at radius 1 is 1.30 bits per heavy atom. The zero-order valence-corrected chi connectivity index (χ0v) is 13.6. The van der Waals surface area contributed by atoms with Gasteiger partial charge in [0.1, 0.15) is 5.76 Å². The molecule has 1 aromatic carbocycles. The molecule has 0 saturated carbocycles. The summed E-state index contributed by atoms with van der Waals surface area (Å²) in [4.78, 5) is 26.6. The number of nitrogens with one attached hydrogen (secondary N) is 1. The molecule has 0 fully saturated rings. The summed E-state index contributed by atoms with van der Waals surface area (Å²) < 4.78 is 5.61. The lowest BCUT2D eigenvalue weighted by Gasteiger charge is -2.03. The minimum Gasteiger partial charge on any atom is -0.481 e. The van der Waals surface area contributed by atoms with Crippen molar-refractivity contribution in [2.75, 3.05) is 18.1 Å². The second kappa shape index (κ2) is 8.38. The van der Waals surface area contributed by atoms with Gasteiger partial charge in [-0.05, 0) is 19.1 Å². The number of carbonyl (C=O) groups excluding carboxylic acids is 1. The van der Waals surface area contributed by atoms with E-state index >= 15 is 0 Å². The minimum absolute atomic E-state index is 0.0404. The van der Waals surface area contributed by atoms with E-state index in [2.05, 4.69) is 10.3 Å². The molecule has 0 radical (unpaired) electrons. The van der Waals surface area contributed by atoms with Crippen LogP contribution >= 0.6 is 11.8 Å². The molecule has 2 rings (SSSR count). The van der Waals surface area contributed by atoms with Gasteiger partial charge >= 0.3 is 5.97 Å². The fraction of sp³-hybridized carbons (Fsp3) is 0.312. The van der Waals surface area contributed by atoms with E-state index in [1.54, 1.807) is 6.92 Å². The summed E-state index contributed by atoms with van der Waals surface area (Å²) in [6, 6.07) is 9.51. The highest BCUT2D eigenvalue weighted by Crippen LogP contribution is 2.21. The van der Waals surface area contributed by atoms with Gasteiger partial charge in [0.25, 0.3) is 0 Å². The maximum Gasteiger partial charge on any atom is 0.313 e. The third kappa shape index (κ3) is 5.45. The molecule has 0 aliphatic rings. The molecule has 0 unspecified atom stereocenters. The SMILES string of the molecule is Cc1oc(-c2ccccc2)nc1CC(=O)NCCSCC(=O)O. The first-order chi connectivity index (χ1) is 11.1. The molecule has 1 aromatic heterocycles. The molecule has 1 amide bonds. The first-order valence-electron chi connectivity index (χ1n) is 7.14. The normalized spacial score (nSPS) is 10.5. The number of aliphatic carboxylic acids is 1. The van der Waals surface area contributed by atoms with Crippen LogP contribution in [0.5, 0.6) is 0 Å². The number of hydrogen-bond acceptors (Lipinski definition) is 5. The van der Waals surface area contributed by atoms with Crippen LogP contribution in [0.4, 0.5) is 0 Å². The van der Waals surface area contributed by atoms with Gasteiger partial charge in [0.15, 0.2) is 0 Å². The standard InChI is InChI=1S/C16H18N2O4S/c1-11-13(9-14(19)17-7-8-23-10-15(20)21)18-16(22-11)12-5-3-2-4-6-12/h2-6H,7-10H2,1H3,(H,17,19)(H,20,21). The molecule has 23 heavy (non-hydrogen) atoms. The van der Waals surface area contributed by atoms with Crippen molar-refractivity contribution in [3.63, 3.8) is 0 Å². The van der Waals surface area contributed by atoms with E-state index in [0.717, 1.165) is 5.56 Å². The summed E-state index contributed by atoms with van der Waals surface area (Å²) in [6.45, 7) is 2.21. The Bertz CT molecular complexity index is 670. The molecule has 0 spiro atoms. The predicted molar refractivity (Wildman–Crippen MR) is 88.4 cm³/mol. The van der Waals surface area contributed by atoms with Crippen LogP contribution in [0.3, 0.4) is 0 Å². The number of carboxylic acids is 1. The lowest BCUT2D eigenvalue weighted by molar-refractivity contribution is -0.133. The van der Waals surface area contributed by atoms with Crippen molar-refractivity contribution in [3.05, 3.63) is 41.8 Å². The zero-order chi connectivity index (χ0) is 16.7. The molecule has 0 aliphatic heterocycles. The zero-order valence-electron chi connectivity index (χ0n) is 12.7. The lowest BCUT2D eigenvalue weighted by atomic mass is 10.2. The van der Waals surface area contributed by atoms with Crippen LogP contribution in [0.25, 0.3) is 11.5 Å². The average Bonchev–Trinajstić information content (AvgIpc) is 2.88. The first kappa shape index (κ1) is 17.1. The number of benzene rings is 1. The van der Waals surface area contributed by atoms with Crippen LogP contribution in [-0.4, -0.2) is 40.0 Å². The minimum atomic E-state index is -0.854. The number of thioether (sulfide) groups is 1. The Kier molecular flexibility index (Phi) is 6.22. The number of oxazole rings is 1. The van der Waals surface area contributed by atoms with Gasteiger partial charge in [-0.3, -0.25) is 9.59 Å². The van der Waals surface area contributed by atoms with Gasteiger partial charge in [-0.25, -0.2) is 4.98 Å². The second-order valence-corrected chi connectivity index (χ2v) is 5.97. The molecule has 0 atom stereocenters. The highest BCUT2D eigenvalue weighted by molar-refractivity contribution is 7.99. The molecule has 6 nitrogen and oxygen atoms in total. The van der Waals surface area contributed by atoms with Crippen molar-refractivity contribution in [2.24, 2.45) is 0 Å². The van der Waals surface area contributed by atoms with Crippen LogP contribution in [0.15, 0.2) is 34.7 Å². The molecule has 7 heteroatoms. The summed E-state index contributed by atoms with van der Waals surface area (Å²) in [6.07, 6.45) is 0.145. The van der Waals surface area contributed by atoms with Crippen molar-refractivity contribution in [1.82, 2.24) is 10.3 Å². The van der Waals surface area contributed by atoms with Crippen molar-refractivity contribution in [3.8, 4) is 11.5 Å². The Morgan fingerprint density at radius 2 is 2.04 bits per heavy atom. The fourth-order valence-corrected chi connectivity index (χ4v) is 2.50. The summed E-state index contributed by atoms with van der Waals surface area (Å²) in [5.41, 5.74) is 1.48. The van der Waals surface area contributed by atoms with Crippen molar-refractivity contribution in [1.29, 1.82) is 0 Å². The van der Waals surface area contributed by atoms with Gasteiger partial charge in [0.2, 0.25) is 11.8 Å². The summed E-state index contributed by atoms with van der Waals surface area (Å²) >= 11 is 1.27. The Labute approximate surface area is 138 Å². The largest absolute Gasteiger partial charge is 0.481 e. The van der Waals surface area contributed by atoms with Gasteiger partial charge in [-0.15, -0.1) is 11.8 Å². The second-order valence-electron chi connectivity index (χ2n) is 4.86. The monoisotopic (exact) mass is 334 g/mol. The Balaban J connectivity index is 1.84. The number of carbonyl (C=O) groups is 2. The van der Waals surface area contributed by atoms with E-state index < -0.39 is 5.97 Å². The van der Waals surface area contributed by atoms with Gasteiger partial charge in [-0.1, -0.05) is 18.2 Å². The van der Waals surface area contributed by atoms with E-state index in [9.17, 15) is 9.59 Å². The van der Waals surface area contributed by atoms with E-state index in [1.807, 2.05) is 30.3 Å². The first-order valence-corrected chi connectivity index (χ1v) is 8.29. The van der Waals surface area contributed by atoms with Gasteiger partial charge in [0.05, 0.1) is 17.9 Å². The highest BCUT2D eigenvalue weighted by Gasteiger charge is 2.14. The number of aryl methyl sites for hydroxylation is 1. The van der Waals surface area contributed by atoms with Crippen molar-refractivity contribution in [2.45, 2.75) is 13.3 Å². The summed E-state index contributed by atoms with van der Waals surface area (Å²) in [7, 11) is 0. The van der Waals surface area contributed by atoms with E-state index in [1.165, 1.54) is 11.8 Å². The van der Waals surface area contributed by atoms with Crippen LogP contribution < -0.4 is 5.32 Å². The van der Waals surface area contributed by atoms with Gasteiger partial charge in [0, 0.05) is 17.9 Å². The van der Waals surface area contributed by atoms with Crippen molar-refractivity contribution >= 4 is 23.6 Å². The molecule has 0 bridgehead atoms. The number of nitrogens with zero attached hydrogens (tertiary/aromatic N) is 1. The topological polar surface area (TPSA) is 92.4 Å². The molecule has 1 heterocycles. The molecule has 2 N–H and O–H groups in total.